The lowest BCUT2D eigenvalue weighted by molar-refractivity contribution is -0.127. The second kappa shape index (κ2) is 4.80. The van der Waals surface area contributed by atoms with Crippen molar-refractivity contribution in [1.29, 1.82) is 0 Å². The first-order chi connectivity index (χ1) is 9.16. The van der Waals surface area contributed by atoms with E-state index in [-0.39, 0.29) is 11.8 Å². The van der Waals surface area contributed by atoms with E-state index >= 15 is 0 Å². The molecule has 1 aromatic carbocycles. The van der Waals surface area contributed by atoms with Gasteiger partial charge in [0.25, 0.3) is 0 Å². The quantitative estimate of drug-likeness (QED) is 0.824. The van der Waals surface area contributed by atoms with Crippen molar-refractivity contribution >= 4 is 11.6 Å². The number of hydrogen-bond donors (Lipinski definition) is 1. The molecule has 100 valence electrons. The van der Waals surface area contributed by atoms with Crippen LogP contribution in [0.1, 0.15) is 42.4 Å². The molecule has 2 atom stereocenters. The summed E-state index contributed by atoms with van der Waals surface area (Å²) in [6.45, 7) is 4.24. The molecule has 0 spiro atoms. The van der Waals surface area contributed by atoms with Crippen LogP contribution in [-0.4, -0.2) is 11.6 Å². The Labute approximate surface area is 114 Å². The molecule has 3 nitrogen and oxygen atoms in total. The molecule has 0 bridgehead atoms. The average molecular weight is 256 g/mol. The second-order valence-electron chi connectivity index (χ2n) is 5.77. The van der Waals surface area contributed by atoms with Gasteiger partial charge >= 0.3 is 0 Å². The third-order valence-corrected chi connectivity index (χ3v) is 4.54. The van der Waals surface area contributed by atoms with E-state index in [9.17, 15) is 4.79 Å². The molecule has 0 aromatic heterocycles. The van der Waals surface area contributed by atoms with Crippen LogP contribution < -0.4 is 5.43 Å². The number of aryl methyl sites for hydroxylation is 2. The zero-order valence-electron chi connectivity index (χ0n) is 11.6. The molecule has 1 N–H and O–H groups in total. The van der Waals surface area contributed by atoms with Crippen LogP contribution in [0.25, 0.3) is 0 Å². The van der Waals surface area contributed by atoms with E-state index in [1.54, 1.807) is 0 Å². The molecule has 0 unspecified atom stereocenters. The average Bonchev–Trinajstić information content (AvgIpc) is 2.43. The van der Waals surface area contributed by atoms with Gasteiger partial charge in [0.15, 0.2) is 0 Å². The van der Waals surface area contributed by atoms with Crippen LogP contribution >= 0.6 is 0 Å². The van der Waals surface area contributed by atoms with Gasteiger partial charge in [-0.25, -0.2) is 5.43 Å². The lowest BCUT2D eigenvalue weighted by Gasteiger charge is -2.34. The summed E-state index contributed by atoms with van der Waals surface area (Å²) >= 11 is 0. The highest BCUT2D eigenvalue weighted by molar-refractivity contribution is 6.06. The van der Waals surface area contributed by atoms with Crippen LogP contribution in [0.2, 0.25) is 0 Å². The molecule has 0 radical (unpaired) electrons. The predicted molar refractivity (Wildman–Crippen MR) is 76.0 cm³/mol. The van der Waals surface area contributed by atoms with Gasteiger partial charge in [0.1, 0.15) is 0 Å². The molecule has 1 aliphatic heterocycles. The van der Waals surface area contributed by atoms with Crippen LogP contribution in [-0.2, 0) is 4.79 Å². The van der Waals surface area contributed by atoms with E-state index in [0.29, 0.717) is 5.92 Å². The van der Waals surface area contributed by atoms with E-state index in [1.807, 2.05) is 0 Å². The second-order valence-corrected chi connectivity index (χ2v) is 5.77. The maximum atomic E-state index is 11.9. The van der Waals surface area contributed by atoms with E-state index < -0.39 is 0 Å². The van der Waals surface area contributed by atoms with Crippen LogP contribution in [0, 0.1) is 25.7 Å². The van der Waals surface area contributed by atoms with Gasteiger partial charge in [-0.1, -0.05) is 25.0 Å². The molecule has 1 fully saturated rings. The molecule has 19 heavy (non-hydrogen) atoms. The normalized spacial score (nSPS) is 26.4. The third kappa shape index (κ3) is 2.18. The molecule has 1 heterocycles. The number of hydrazone groups is 1. The highest BCUT2D eigenvalue weighted by Crippen LogP contribution is 2.35. The zero-order valence-corrected chi connectivity index (χ0v) is 11.6. The van der Waals surface area contributed by atoms with Crippen molar-refractivity contribution in [3.8, 4) is 0 Å². The summed E-state index contributed by atoms with van der Waals surface area (Å²) in [5, 5.41) is 4.35. The van der Waals surface area contributed by atoms with Crippen molar-refractivity contribution < 1.29 is 4.79 Å². The van der Waals surface area contributed by atoms with Crippen molar-refractivity contribution in [3.05, 3.63) is 34.9 Å². The molecule has 0 saturated heterocycles. The Balaban J connectivity index is 1.98. The number of carbonyl (C=O) groups is 1. The van der Waals surface area contributed by atoms with Gasteiger partial charge in [-0.2, -0.15) is 5.10 Å². The van der Waals surface area contributed by atoms with Gasteiger partial charge in [-0.3, -0.25) is 4.79 Å². The lowest BCUT2D eigenvalue weighted by atomic mass is 9.74. The molecule has 3 rings (SSSR count). The van der Waals surface area contributed by atoms with Gasteiger partial charge in [0, 0.05) is 11.8 Å². The van der Waals surface area contributed by atoms with Gasteiger partial charge in [-0.05, 0) is 49.4 Å². The van der Waals surface area contributed by atoms with Crippen molar-refractivity contribution in [3.63, 3.8) is 0 Å². The number of hydrogen-bond acceptors (Lipinski definition) is 2. The van der Waals surface area contributed by atoms with Crippen LogP contribution in [0.4, 0.5) is 0 Å². The Morgan fingerprint density at radius 3 is 2.58 bits per heavy atom. The van der Waals surface area contributed by atoms with Gasteiger partial charge in [-0.15, -0.1) is 0 Å². The Kier molecular flexibility index (Phi) is 3.13. The number of nitrogens with one attached hydrogen (secondary N) is 1. The summed E-state index contributed by atoms with van der Waals surface area (Å²) < 4.78 is 0. The van der Waals surface area contributed by atoms with Crippen molar-refractivity contribution in [2.24, 2.45) is 16.9 Å². The summed E-state index contributed by atoms with van der Waals surface area (Å²) in [4.78, 5) is 11.9. The summed E-state index contributed by atoms with van der Waals surface area (Å²) in [5.74, 6) is 0.546. The monoisotopic (exact) mass is 256 g/mol. The first-order valence-corrected chi connectivity index (χ1v) is 7.12. The standard InChI is InChI=1S/C16H20N2O/c1-10-7-8-12(9-11(10)2)15-13-5-3-4-6-14(13)16(19)18-17-15/h7-9,13-14H,3-6H2,1-2H3,(H,18,19)/t13-,14+/m1/s1. The number of benzene rings is 1. The zero-order chi connectivity index (χ0) is 13.4. The molecule has 1 aliphatic carbocycles. The maximum Gasteiger partial charge on any atom is 0.243 e. The van der Waals surface area contributed by atoms with E-state index in [4.69, 9.17) is 0 Å². The third-order valence-electron chi connectivity index (χ3n) is 4.54. The number of rotatable bonds is 1. The fourth-order valence-electron chi connectivity index (χ4n) is 3.23. The number of amides is 1. The van der Waals surface area contributed by atoms with E-state index in [1.165, 1.54) is 23.1 Å². The number of carbonyl (C=O) groups excluding carboxylic acids is 1. The molecular weight excluding hydrogens is 236 g/mol. The van der Waals surface area contributed by atoms with Crippen molar-refractivity contribution in [2.45, 2.75) is 39.5 Å². The van der Waals surface area contributed by atoms with Crippen LogP contribution in [0.15, 0.2) is 23.3 Å². The first-order valence-electron chi connectivity index (χ1n) is 7.12. The molecule has 1 aromatic rings. The SMILES string of the molecule is Cc1ccc(C2=NNC(=O)[C@H]3CCCC[C@@H]23)cc1C. The van der Waals surface area contributed by atoms with Crippen molar-refractivity contribution in [2.75, 3.05) is 0 Å². The molecule has 1 saturated carbocycles. The van der Waals surface area contributed by atoms with Crippen molar-refractivity contribution in [1.82, 2.24) is 5.43 Å². The maximum absolute atomic E-state index is 11.9. The summed E-state index contributed by atoms with van der Waals surface area (Å²) in [5.41, 5.74) is 7.53. The molecular formula is C16H20N2O. The molecule has 2 aliphatic rings. The summed E-state index contributed by atoms with van der Waals surface area (Å²) in [6, 6.07) is 6.46. The van der Waals surface area contributed by atoms with Crippen LogP contribution in [0.3, 0.4) is 0 Å². The predicted octanol–water partition coefficient (Wildman–Crippen LogP) is 2.94. The van der Waals surface area contributed by atoms with E-state index in [0.717, 1.165) is 25.0 Å². The fraction of sp³-hybridized carbons (Fsp3) is 0.500. The minimum atomic E-state index is 0.109. The summed E-state index contributed by atoms with van der Waals surface area (Å²) in [7, 11) is 0. The molecule has 3 heteroatoms. The highest BCUT2D eigenvalue weighted by Gasteiger charge is 2.37. The Bertz CT molecular complexity index is 548. The molecule has 1 amide bonds. The smallest absolute Gasteiger partial charge is 0.243 e. The Morgan fingerprint density at radius 2 is 1.84 bits per heavy atom. The topological polar surface area (TPSA) is 41.5 Å². The summed E-state index contributed by atoms with van der Waals surface area (Å²) in [6.07, 6.45) is 4.46. The number of nitrogens with zero attached hydrogens (tertiary/aromatic N) is 1. The van der Waals surface area contributed by atoms with E-state index in [2.05, 4.69) is 42.6 Å². The first kappa shape index (κ1) is 12.4. The fourth-order valence-corrected chi connectivity index (χ4v) is 3.23. The highest BCUT2D eigenvalue weighted by atomic mass is 16.2. The van der Waals surface area contributed by atoms with Gasteiger partial charge < -0.3 is 0 Å². The van der Waals surface area contributed by atoms with Gasteiger partial charge in [0.2, 0.25) is 5.91 Å². The lowest BCUT2D eigenvalue weighted by Crippen LogP contribution is -2.43. The van der Waals surface area contributed by atoms with Crippen LogP contribution in [0.5, 0.6) is 0 Å². The number of fused-ring (bicyclic) bond motifs is 1. The minimum Gasteiger partial charge on any atom is -0.273 e. The minimum absolute atomic E-state index is 0.109. The Hall–Kier alpha value is -1.64. The Morgan fingerprint density at radius 1 is 1.11 bits per heavy atom. The largest absolute Gasteiger partial charge is 0.273 e. The van der Waals surface area contributed by atoms with Gasteiger partial charge in [0.05, 0.1) is 5.71 Å².